The average molecular weight is 128 g/mol. The van der Waals surface area contributed by atoms with Gasteiger partial charge in [0.1, 0.15) is 0 Å². The number of carbonyl (C=O) groups excluding carboxylic acids is 1. The normalized spacial score (nSPS) is 9.22. The van der Waals surface area contributed by atoms with Gasteiger partial charge < -0.3 is 0 Å². The summed E-state index contributed by atoms with van der Waals surface area (Å²) in [5.74, 6) is -0.167. The maximum atomic E-state index is 10.5. The molecule has 3 nitrogen and oxygen atoms in total. The third kappa shape index (κ3) is 3.73. The van der Waals surface area contributed by atoms with Gasteiger partial charge in [-0.2, -0.15) is 0 Å². The van der Waals surface area contributed by atoms with Gasteiger partial charge in [0, 0.05) is 13.6 Å². The van der Waals surface area contributed by atoms with Crippen molar-refractivity contribution in [2.24, 2.45) is 0 Å². The molecule has 0 rings (SSSR count). The zero-order chi connectivity index (χ0) is 7.28. The van der Waals surface area contributed by atoms with E-state index in [2.05, 4.69) is 12.0 Å². The van der Waals surface area contributed by atoms with Crippen molar-refractivity contribution in [1.29, 1.82) is 0 Å². The molecule has 0 aliphatic heterocycles. The monoisotopic (exact) mass is 128 g/mol. The number of rotatable bonds is 3. The van der Waals surface area contributed by atoms with Crippen LogP contribution < -0.4 is 5.43 Å². The van der Waals surface area contributed by atoms with Crippen molar-refractivity contribution in [3.63, 3.8) is 0 Å². The van der Waals surface area contributed by atoms with Crippen LogP contribution in [0.15, 0.2) is 12.7 Å². The summed E-state index contributed by atoms with van der Waals surface area (Å²) in [7, 11) is 1.79. The Balaban J connectivity index is 3.46. The number of amides is 1. The first-order valence-corrected chi connectivity index (χ1v) is 2.85. The van der Waals surface area contributed by atoms with Crippen LogP contribution in [0, 0.1) is 0 Å². The van der Waals surface area contributed by atoms with Gasteiger partial charge in [-0.05, 0) is 6.08 Å². The topological polar surface area (TPSA) is 32.3 Å². The highest BCUT2D eigenvalue weighted by molar-refractivity contribution is 5.86. The molecule has 0 saturated carbocycles. The van der Waals surface area contributed by atoms with E-state index in [0.717, 1.165) is 6.54 Å². The molecule has 0 bridgehead atoms. The Hall–Kier alpha value is -0.830. The second kappa shape index (κ2) is 4.09. The third-order valence-electron chi connectivity index (χ3n) is 0.961. The van der Waals surface area contributed by atoms with Gasteiger partial charge in [-0.15, -0.1) is 0 Å². The van der Waals surface area contributed by atoms with Gasteiger partial charge in [-0.3, -0.25) is 10.2 Å². The van der Waals surface area contributed by atoms with Crippen molar-refractivity contribution in [2.45, 2.75) is 6.92 Å². The van der Waals surface area contributed by atoms with E-state index in [4.69, 9.17) is 0 Å². The Morgan fingerprint density at radius 1 is 1.89 bits per heavy atom. The molecule has 0 heterocycles. The molecule has 1 N–H and O–H groups in total. The summed E-state index contributed by atoms with van der Waals surface area (Å²) in [6.07, 6.45) is 1.24. The van der Waals surface area contributed by atoms with Crippen molar-refractivity contribution >= 4 is 5.91 Å². The van der Waals surface area contributed by atoms with Crippen molar-refractivity contribution < 1.29 is 4.79 Å². The highest BCUT2D eigenvalue weighted by atomic mass is 16.2. The molecule has 0 fully saturated rings. The molecule has 3 heteroatoms. The van der Waals surface area contributed by atoms with E-state index < -0.39 is 0 Å². The lowest BCUT2D eigenvalue weighted by molar-refractivity contribution is -0.120. The van der Waals surface area contributed by atoms with Crippen LogP contribution in [0.4, 0.5) is 0 Å². The standard InChI is InChI=1S/C6H12N2O/c1-4-6(9)7-8(3)5-2/h4H,1,5H2,2-3H3,(H,7,9). The number of hydrazine groups is 1. The van der Waals surface area contributed by atoms with Gasteiger partial charge in [0.05, 0.1) is 0 Å². The summed E-state index contributed by atoms with van der Waals surface area (Å²) >= 11 is 0. The molecule has 0 aromatic heterocycles. The molecule has 0 atom stereocenters. The summed E-state index contributed by atoms with van der Waals surface area (Å²) in [5, 5.41) is 1.68. The molecule has 0 aliphatic carbocycles. The van der Waals surface area contributed by atoms with Crippen LogP contribution in [0.3, 0.4) is 0 Å². The lowest BCUT2D eigenvalue weighted by Gasteiger charge is -2.12. The van der Waals surface area contributed by atoms with E-state index in [9.17, 15) is 4.79 Å². The lowest BCUT2D eigenvalue weighted by Crippen LogP contribution is -2.37. The number of hydrogen-bond donors (Lipinski definition) is 1. The largest absolute Gasteiger partial charge is 0.286 e. The predicted octanol–water partition coefficient (Wildman–Crippen LogP) is 0.155. The Morgan fingerprint density at radius 2 is 2.44 bits per heavy atom. The Bertz CT molecular complexity index is 112. The molecule has 0 unspecified atom stereocenters. The summed E-state index contributed by atoms with van der Waals surface area (Å²) in [4.78, 5) is 10.5. The summed E-state index contributed by atoms with van der Waals surface area (Å²) in [6.45, 7) is 6.05. The fourth-order valence-corrected chi connectivity index (χ4v) is 0.313. The van der Waals surface area contributed by atoms with Crippen LogP contribution in [0.25, 0.3) is 0 Å². The minimum Gasteiger partial charge on any atom is -0.286 e. The van der Waals surface area contributed by atoms with E-state index in [1.165, 1.54) is 6.08 Å². The lowest BCUT2D eigenvalue weighted by atomic mass is 10.6. The van der Waals surface area contributed by atoms with Crippen molar-refractivity contribution in [3.05, 3.63) is 12.7 Å². The Kier molecular flexibility index (Phi) is 3.71. The summed E-state index contributed by atoms with van der Waals surface area (Å²) in [5.41, 5.74) is 2.56. The van der Waals surface area contributed by atoms with E-state index in [-0.39, 0.29) is 5.91 Å². The number of carbonyl (C=O) groups is 1. The van der Waals surface area contributed by atoms with Crippen LogP contribution in [0.1, 0.15) is 6.92 Å². The molecule has 9 heavy (non-hydrogen) atoms. The fourth-order valence-electron chi connectivity index (χ4n) is 0.313. The van der Waals surface area contributed by atoms with E-state index in [0.29, 0.717) is 0 Å². The van der Waals surface area contributed by atoms with Crippen LogP contribution in [0.5, 0.6) is 0 Å². The average Bonchev–Trinajstić information content (AvgIpc) is 1.87. The van der Waals surface area contributed by atoms with Gasteiger partial charge in [-0.1, -0.05) is 13.5 Å². The van der Waals surface area contributed by atoms with E-state index in [1.807, 2.05) is 6.92 Å². The summed E-state index contributed by atoms with van der Waals surface area (Å²) < 4.78 is 0. The van der Waals surface area contributed by atoms with E-state index in [1.54, 1.807) is 12.1 Å². The minimum absolute atomic E-state index is 0.167. The predicted molar refractivity (Wildman–Crippen MR) is 36.6 cm³/mol. The zero-order valence-corrected chi connectivity index (χ0v) is 5.85. The molecule has 52 valence electrons. The molecule has 0 saturated heterocycles. The third-order valence-corrected chi connectivity index (χ3v) is 0.961. The molecule has 1 amide bonds. The van der Waals surface area contributed by atoms with Gasteiger partial charge in [0.2, 0.25) is 0 Å². The van der Waals surface area contributed by atoms with Crippen molar-refractivity contribution in [3.8, 4) is 0 Å². The smallest absolute Gasteiger partial charge is 0.257 e. The van der Waals surface area contributed by atoms with Crippen LogP contribution in [0.2, 0.25) is 0 Å². The van der Waals surface area contributed by atoms with Crippen molar-refractivity contribution in [2.75, 3.05) is 13.6 Å². The summed E-state index contributed by atoms with van der Waals surface area (Å²) in [6, 6.07) is 0. The molecule has 0 aliphatic rings. The Labute approximate surface area is 55.3 Å². The second-order valence-corrected chi connectivity index (χ2v) is 1.69. The highest BCUT2D eigenvalue weighted by Crippen LogP contribution is 1.72. The molecule has 0 aromatic rings. The van der Waals surface area contributed by atoms with Crippen molar-refractivity contribution in [1.82, 2.24) is 10.4 Å². The van der Waals surface area contributed by atoms with Crippen LogP contribution in [-0.2, 0) is 4.79 Å². The quantitative estimate of drug-likeness (QED) is 0.433. The maximum Gasteiger partial charge on any atom is 0.257 e. The molecule has 0 spiro atoms. The van der Waals surface area contributed by atoms with Gasteiger partial charge in [-0.25, -0.2) is 5.01 Å². The molecular formula is C6H12N2O. The highest BCUT2D eigenvalue weighted by Gasteiger charge is 1.94. The first kappa shape index (κ1) is 8.17. The van der Waals surface area contributed by atoms with E-state index >= 15 is 0 Å². The van der Waals surface area contributed by atoms with Crippen LogP contribution >= 0.6 is 0 Å². The van der Waals surface area contributed by atoms with Gasteiger partial charge >= 0.3 is 0 Å². The van der Waals surface area contributed by atoms with Gasteiger partial charge in [0.25, 0.3) is 5.91 Å². The SMILES string of the molecule is C=CC(=O)NN(C)CC. The number of hydrogen-bond acceptors (Lipinski definition) is 2. The van der Waals surface area contributed by atoms with Gasteiger partial charge in [0.15, 0.2) is 0 Å². The Morgan fingerprint density at radius 3 is 2.78 bits per heavy atom. The first-order valence-electron chi connectivity index (χ1n) is 2.85. The number of nitrogens with one attached hydrogen (secondary N) is 1. The molecular weight excluding hydrogens is 116 g/mol. The molecule has 0 aromatic carbocycles. The number of nitrogens with zero attached hydrogens (tertiary/aromatic N) is 1. The minimum atomic E-state index is -0.167. The second-order valence-electron chi connectivity index (χ2n) is 1.69. The van der Waals surface area contributed by atoms with Crippen LogP contribution in [-0.4, -0.2) is 24.5 Å². The fraction of sp³-hybridized carbons (Fsp3) is 0.500. The first-order chi connectivity index (χ1) is 4.20. The molecule has 0 radical (unpaired) electrons. The zero-order valence-electron chi connectivity index (χ0n) is 5.85. The maximum absolute atomic E-state index is 10.5.